The first kappa shape index (κ1) is 13.5. The van der Waals surface area contributed by atoms with E-state index in [1.165, 1.54) is 35.3 Å². The van der Waals surface area contributed by atoms with Gasteiger partial charge in [-0.25, -0.2) is 4.98 Å². The van der Waals surface area contributed by atoms with Gasteiger partial charge in [-0.2, -0.15) is 0 Å². The van der Waals surface area contributed by atoms with Gasteiger partial charge in [0.1, 0.15) is 0 Å². The first-order valence-corrected chi connectivity index (χ1v) is 6.33. The third kappa shape index (κ3) is 2.90. The number of hydrogen-bond acceptors (Lipinski definition) is 3. The van der Waals surface area contributed by atoms with Gasteiger partial charge in [-0.1, -0.05) is 17.7 Å². The van der Waals surface area contributed by atoms with Gasteiger partial charge in [0.25, 0.3) is 5.56 Å². The lowest BCUT2D eigenvalue weighted by atomic mass is 9.94. The molecule has 0 radical (unpaired) electrons. The monoisotopic (exact) mass is 257 g/mol. The highest BCUT2D eigenvalue weighted by Crippen LogP contribution is 2.22. The molecule has 1 aromatic heterocycles. The van der Waals surface area contributed by atoms with Gasteiger partial charge in [0.15, 0.2) is 0 Å². The van der Waals surface area contributed by atoms with Gasteiger partial charge < -0.3 is 5.73 Å². The number of nitrogens with two attached hydrogens (primary N) is 1. The van der Waals surface area contributed by atoms with Gasteiger partial charge in [-0.05, 0) is 37.5 Å². The first-order chi connectivity index (χ1) is 8.99. The lowest BCUT2D eigenvalue weighted by Gasteiger charge is -2.19. The van der Waals surface area contributed by atoms with E-state index in [9.17, 15) is 4.79 Å². The third-order valence-electron chi connectivity index (χ3n) is 3.29. The predicted molar refractivity (Wildman–Crippen MR) is 76.1 cm³/mol. The molecule has 2 aromatic rings. The predicted octanol–water partition coefficient (Wildman–Crippen LogP) is 1.87. The van der Waals surface area contributed by atoms with Crippen molar-refractivity contribution in [1.29, 1.82) is 0 Å². The van der Waals surface area contributed by atoms with E-state index in [1.54, 1.807) is 4.57 Å². The molecule has 19 heavy (non-hydrogen) atoms. The Hall–Kier alpha value is -1.94. The SMILES string of the molecule is Cc1cc(C)c(C(N)Cn2cnccc2=O)c(C)c1. The molecule has 0 bridgehead atoms. The molecule has 0 saturated heterocycles. The molecule has 2 N–H and O–H groups in total. The van der Waals surface area contributed by atoms with Gasteiger partial charge in [-0.3, -0.25) is 9.36 Å². The Morgan fingerprint density at radius 2 is 1.89 bits per heavy atom. The Morgan fingerprint density at radius 3 is 2.47 bits per heavy atom. The summed E-state index contributed by atoms with van der Waals surface area (Å²) in [4.78, 5) is 15.6. The summed E-state index contributed by atoms with van der Waals surface area (Å²) < 4.78 is 1.55. The number of aromatic nitrogens is 2. The number of benzene rings is 1. The van der Waals surface area contributed by atoms with Crippen LogP contribution in [0.25, 0.3) is 0 Å². The minimum Gasteiger partial charge on any atom is -0.322 e. The Morgan fingerprint density at radius 1 is 1.26 bits per heavy atom. The Kier molecular flexibility index (Phi) is 3.81. The second kappa shape index (κ2) is 5.36. The number of rotatable bonds is 3. The van der Waals surface area contributed by atoms with Crippen LogP contribution in [0.2, 0.25) is 0 Å². The quantitative estimate of drug-likeness (QED) is 0.913. The summed E-state index contributed by atoms with van der Waals surface area (Å²) in [5.41, 5.74) is 10.9. The molecule has 2 rings (SSSR count). The summed E-state index contributed by atoms with van der Waals surface area (Å²) in [7, 11) is 0. The smallest absolute Gasteiger partial charge is 0.253 e. The van der Waals surface area contributed by atoms with E-state index in [4.69, 9.17) is 5.73 Å². The van der Waals surface area contributed by atoms with E-state index in [1.807, 2.05) is 0 Å². The van der Waals surface area contributed by atoms with E-state index in [-0.39, 0.29) is 11.6 Å². The highest BCUT2D eigenvalue weighted by Gasteiger charge is 2.13. The van der Waals surface area contributed by atoms with E-state index < -0.39 is 0 Å². The summed E-state index contributed by atoms with van der Waals surface area (Å²) in [6.45, 7) is 6.63. The Bertz CT molecular complexity index is 623. The molecule has 100 valence electrons. The van der Waals surface area contributed by atoms with E-state index in [2.05, 4.69) is 37.9 Å². The van der Waals surface area contributed by atoms with Crippen LogP contribution in [-0.4, -0.2) is 9.55 Å². The molecule has 0 aliphatic carbocycles. The summed E-state index contributed by atoms with van der Waals surface area (Å²) in [5, 5.41) is 0. The third-order valence-corrected chi connectivity index (χ3v) is 3.29. The van der Waals surface area contributed by atoms with Gasteiger partial charge in [0.05, 0.1) is 6.33 Å². The summed E-state index contributed by atoms with van der Waals surface area (Å²) in [5.74, 6) is 0. The van der Waals surface area contributed by atoms with Crippen molar-refractivity contribution in [3.05, 3.63) is 63.3 Å². The normalized spacial score (nSPS) is 12.4. The van der Waals surface area contributed by atoms with Crippen LogP contribution in [0, 0.1) is 20.8 Å². The molecule has 1 aromatic carbocycles. The number of aryl methyl sites for hydroxylation is 3. The van der Waals surface area contributed by atoms with Crippen LogP contribution in [0.3, 0.4) is 0 Å². The molecule has 0 spiro atoms. The minimum absolute atomic E-state index is 0.0760. The summed E-state index contributed by atoms with van der Waals surface area (Å²) in [6.07, 6.45) is 3.02. The van der Waals surface area contributed by atoms with Crippen LogP contribution in [0.1, 0.15) is 28.3 Å². The van der Waals surface area contributed by atoms with Crippen LogP contribution >= 0.6 is 0 Å². The zero-order valence-corrected chi connectivity index (χ0v) is 11.6. The maximum atomic E-state index is 11.7. The lowest BCUT2D eigenvalue weighted by Crippen LogP contribution is -2.27. The Labute approximate surface area is 112 Å². The molecule has 4 nitrogen and oxygen atoms in total. The lowest BCUT2D eigenvalue weighted by molar-refractivity contribution is 0.550. The van der Waals surface area contributed by atoms with Gasteiger partial charge in [0.2, 0.25) is 0 Å². The van der Waals surface area contributed by atoms with Crippen LogP contribution in [0.15, 0.2) is 35.5 Å². The van der Waals surface area contributed by atoms with Gasteiger partial charge in [0, 0.05) is 24.8 Å². The van der Waals surface area contributed by atoms with Crippen molar-refractivity contribution in [1.82, 2.24) is 9.55 Å². The largest absolute Gasteiger partial charge is 0.322 e. The highest BCUT2D eigenvalue weighted by molar-refractivity contribution is 5.39. The van der Waals surface area contributed by atoms with Crippen molar-refractivity contribution in [2.45, 2.75) is 33.4 Å². The molecule has 1 unspecified atom stereocenters. The Balaban J connectivity index is 2.33. The molecule has 0 aliphatic heterocycles. The van der Waals surface area contributed by atoms with Crippen molar-refractivity contribution in [3.8, 4) is 0 Å². The van der Waals surface area contributed by atoms with Crippen molar-refractivity contribution < 1.29 is 0 Å². The molecule has 0 amide bonds. The fourth-order valence-electron chi connectivity index (χ4n) is 2.59. The van der Waals surface area contributed by atoms with E-state index in [0.717, 1.165) is 5.56 Å². The van der Waals surface area contributed by atoms with Crippen LogP contribution < -0.4 is 11.3 Å². The van der Waals surface area contributed by atoms with Crippen molar-refractivity contribution in [3.63, 3.8) is 0 Å². The molecular formula is C15H19N3O. The average Bonchev–Trinajstić information content (AvgIpc) is 2.30. The van der Waals surface area contributed by atoms with Gasteiger partial charge >= 0.3 is 0 Å². The summed E-state index contributed by atoms with van der Waals surface area (Å²) in [6, 6.07) is 5.48. The maximum absolute atomic E-state index is 11.7. The van der Waals surface area contributed by atoms with Crippen LogP contribution in [-0.2, 0) is 6.54 Å². The van der Waals surface area contributed by atoms with Crippen molar-refractivity contribution >= 4 is 0 Å². The molecular weight excluding hydrogens is 238 g/mol. The van der Waals surface area contributed by atoms with Gasteiger partial charge in [-0.15, -0.1) is 0 Å². The first-order valence-electron chi connectivity index (χ1n) is 6.33. The highest BCUT2D eigenvalue weighted by atomic mass is 16.1. The molecule has 0 saturated carbocycles. The standard InChI is InChI=1S/C15H19N3O/c1-10-6-11(2)15(12(3)7-10)13(16)8-18-9-17-5-4-14(18)19/h4-7,9,13H,8,16H2,1-3H3. The zero-order chi connectivity index (χ0) is 14.0. The van der Waals surface area contributed by atoms with Crippen molar-refractivity contribution in [2.24, 2.45) is 5.73 Å². The van der Waals surface area contributed by atoms with Crippen molar-refractivity contribution in [2.75, 3.05) is 0 Å². The number of hydrogen-bond donors (Lipinski definition) is 1. The molecule has 0 aliphatic rings. The average molecular weight is 257 g/mol. The molecule has 0 fully saturated rings. The van der Waals surface area contributed by atoms with Crippen LogP contribution in [0.5, 0.6) is 0 Å². The molecule has 4 heteroatoms. The zero-order valence-electron chi connectivity index (χ0n) is 11.6. The minimum atomic E-state index is -0.206. The van der Waals surface area contributed by atoms with Crippen LogP contribution in [0.4, 0.5) is 0 Å². The second-order valence-electron chi connectivity index (χ2n) is 4.99. The molecule has 1 atom stereocenters. The summed E-state index contributed by atoms with van der Waals surface area (Å²) >= 11 is 0. The second-order valence-corrected chi connectivity index (χ2v) is 4.99. The maximum Gasteiger partial charge on any atom is 0.253 e. The van der Waals surface area contributed by atoms with E-state index in [0.29, 0.717) is 6.54 Å². The fraction of sp³-hybridized carbons (Fsp3) is 0.333. The number of nitrogens with zero attached hydrogens (tertiary/aromatic N) is 2. The topological polar surface area (TPSA) is 60.9 Å². The van der Waals surface area contributed by atoms with E-state index >= 15 is 0 Å². The molecule has 1 heterocycles. The fourth-order valence-corrected chi connectivity index (χ4v) is 2.59.